The lowest BCUT2D eigenvalue weighted by molar-refractivity contribution is -0.143. The van der Waals surface area contributed by atoms with E-state index in [1.54, 1.807) is 12.1 Å². The summed E-state index contributed by atoms with van der Waals surface area (Å²) < 4.78 is 23.4. The molecule has 0 amide bonds. The van der Waals surface area contributed by atoms with Crippen molar-refractivity contribution in [3.05, 3.63) is 92.0 Å². The number of halogens is 2. The van der Waals surface area contributed by atoms with Gasteiger partial charge in [0.15, 0.2) is 0 Å². The summed E-state index contributed by atoms with van der Waals surface area (Å²) in [6.07, 6.45) is 4.66. The Hall–Kier alpha value is -4.62. The van der Waals surface area contributed by atoms with E-state index in [-0.39, 0.29) is 37.1 Å². The molecule has 2 aliphatic rings. The highest BCUT2D eigenvalue weighted by molar-refractivity contribution is 6.32. The lowest BCUT2D eigenvalue weighted by atomic mass is 9.92. The Morgan fingerprint density at radius 2 is 1.07 bits per heavy atom. The summed E-state index contributed by atoms with van der Waals surface area (Å²) in [5.41, 5.74) is 7.50. The number of hydrogen-bond donors (Lipinski definition) is 4. The van der Waals surface area contributed by atoms with E-state index in [1.807, 2.05) is 24.3 Å². The van der Waals surface area contributed by atoms with Crippen molar-refractivity contribution < 1.29 is 38.7 Å². The van der Waals surface area contributed by atoms with Gasteiger partial charge in [-0.3, -0.25) is 9.59 Å². The first-order valence-electron chi connectivity index (χ1n) is 18.8. The molecular formula is C42H48Cl2N4O8. The van der Waals surface area contributed by atoms with E-state index in [9.17, 15) is 19.8 Å². The SMILES string of the molecule is COc1nc(OCc2cccc(-c3cccc(COc4nc(OC)c(CN[C@@H]5CCC[C@@H]5C(=O)O)cc4Cl)c3C)c2C)c(Cl)cc1CN[C@@H]1CCC[C@@H]1C(=O)O. The van der Waals surface area contributed by atoms with Crippen molar-refractivity contribution in [3.63, 3.8) is 0 Å². The van der Waals surface area contributed by atoms with E-state index >= 15 is 0 Å². The summed E-state index contributed by atoms with van der Waals surface area (Å²) in [6, 6.07) is 15.4. The largest absolute Gasteiger partial charge is 0.481 e. The Morgan fingerprint density at radius 3 is 1.45 bits per heavy atom. The number of carboxylic acid groups (broad SMARTS) is 2. The smallest absolute Gasteiger partial charge is 0.308 e. The van der Waals surface area contributed by atoms with Crippen LogP contribution < -0.4 is 29.6 Å². The molecule has 0 saturated heterocycles. The average molecular weight is 808 g/mol. The number of hydrogen-bond acceptors (Lipinski definition) is 10. The average Bonchev–Trinajstić information content (AvgIpc) is 3.87. The van der Waals surface area contributed by atoms with Gasteiger partial charge in [-0.1, -0.05) is 72.4 Å². The molecular weight excluding hydrogens is 759 g/mol. The highest BCUT2D eigenvalue weighted by Crippen LogP contribution is 2.35. The zero-order valence-corrected chi connectivity index (χ0v) is 33.5. The summed E-state index contributed by atoms with van der Waals surface area (Å²) in [5.74, 6) is -1.19. The number of ether oxygens (including phenoxy) is 4. The van der Waals surface area contributed by atoms with Crippen LogP contribution in [0.3, 0.4) is 0 Å². The molecule has 0 unspecified atom stereocenters. The van der Waals surface area contributed by atoms with Gasteiger partial charge < -0.3 is 39.8 Å². The molecule has 2 aromatic carbocycles. The normalized spacial score (nSPS) is 19.2. The number of methoxy groups -OCH3 is 2. The molecule has 2 aliphatic carbocycles. The van der Waals surface area contributed by atoms with Crippen molar-refractivity contribution in [2.75, 3.05) is 14.2 Å². The van der Waals surface area contributed by atoms with E-state index in [0.29, 0.717) is 47.7 Å². The highest BCUT2D eigenvalue weighted by Gasteiger charge is 2.34. The third kappa shape index (κ3) is 9.32. The van der Waals surface area contributed by atoms with E-state index in [4.69, 9.17) is 42.1 Å². The summed E-state index contributed by atoms with van der Waals surface area (Å²) >= 11 is 13.3. The number of rotatable bonds is 17. The number of pyridine rings is 2. The van der Waals surface area contributed by atoms with Crippen LogP contribution in [0.4, 0.5) is 0 Å². The molecule has 2 saturated carbocycles. The molecule has 4 aromatic rings. The Kier molecular flexibility index (Phi) is 13.6. The molecule has 0 radical (unpaired) electrons. The maximum absolute atomic E-state index is 11.6. The van der Waals surface area contributed by atoms with Gasteiger partial charge in [0.25, 0.3) is 0 Å². The zero-order chi connectivity index (χ0) is 39.9. The summed E-state index contributed by atoms with van der Waals surface area (Å²) in [5, 5.41) is 26.4. The van der Waals surface area contributed by atoms with Crippen LogP contribution in [0, 0.1) is 25.7 Å². The van der Waals surface area contributed by atoms with Crippen LogP contribution in [0.1, 0.15) is 71.9 Å². The van der Waals surface area contributed by atoms with Crippen molar-refractivity contribution in [3.8, 4) is 34.6 Å². The van der Waals surface area contributed by atoms with Gasteiger partial charge in [-0.25, -0.2) is 0 Å². The van der Waals surface area contributed by atoms with Crippen molar-refractivity contribution in [2.45, 2.75) is 90.8 Å². The molecule has 0 bridgehead atoms. The quantitative estimate of drug-likeness (QED) is 0.0817. The number of carbonyl (C=O) groups is 2. The minimum Gasteiger partial charge on any atom is -0.481 e. The van der Waals surface area contributed by atoms with Gasteiger partial charge in [-0.2, -0.15) is 9.97 Å². The molecule has 12 nitrogen and oxygen atoms in total. The van der Waals surface area contributed by atoms with Gasteiger partial charge in [-0.05, 0) is 85.0 Å². The zero-order valence-electron chi connectivity index (χ0n) is 32.0. The summed E-state index contributed by atoms with van der Waals surface area (Å²) in [7, 11) is 3.06. The first-order valence-corrected chi connectivity index (χ1v) is 19.6. The Balaban J connectivity index is 1.11. The van der Waals surface area contributed by atoms with Crippen molar-refractivity contribution >= 4 is 35.1 Å². The predicted molar refractivity (Wildman–Crippen MR) is 213 cm³/mol. The van der Waals surface area contributed by atoms with Gasteiger partial charge >= 0.3 is 11.9 Å². The van der Waals surface area contributed by atoms with Crippen LogP contribution in [-0.4, -0.2) is 58.4 Å². The Bertz CT molecular complexity index is 1920. The summed E-state index contributed by atoms with van der Waals surface area (Å²) in [6.45, 7) is 5.28. The number of aliphatic carboxylic acids is 2. The highest BCUT2D eigenvalue weighted by atomic mass is 35.5. The molecule has 6 rings (SSSR count). The second-order valence-corrected chi connectivity index (χ2v) is 15.2. The first-order chi connectivity index (χ1) is 27.0. The van der Waals surface area contributed by atoms with Gasteiger partial charge in [0, 0.05) is 36.3 Å². The van der Waals surface area contributed by atoms with Crippen LogP contribution in [0.15, 0.2) is 48.5 Å². The fourth-order valence-electron chi connectivity index (χ4n) is 7.83. The Labute approximate surface area is 336 Å². The second-order valence-electron chi connectivity index (χ2n) is 14.4. The lowest BCUT2D eigenvalue weighted by Gasteiger charge is -2.19. The Morgan fingerprint density at radius 1 is 0.661 bits per heavy atom. The third-order valence-corrected chi connectivity index (χ3v) is 11.6. The fraction of sp³-hybridized carbons (Fsp3) is 0.429. The van der Waals surface area contributed by atoms with Gasteiger partial charge in [-0.15, -0.1) is 0 Å². The standard InChI is InChI=1S/C42H48Cl2N4O8/c1-23-25(21-55-39-33(43)17-27(37(47-39)53-3)19-45-35-15-7-13-31(35)41(49)50)9-5-11-29(23)30-12-6-10-26(24(30)2)22-56-40-34(44)18-28(38(48-40)54-4)20-46-36-16-8-14-32(36)42(51)52/h5-6,9-12,17-18,31-32,35-36,45-46H,7-8,13-16,19-22H2,1-4H3,(H,49,50)(H,51,52)/t31-,32-,35+,36+/m0/s1. The fourth-order valence-corrected chi connectivity index (χ4v) is 8.29. The van der Waals surface area contributed by atoms with Gasteiger partial charge in [0.1, 0.15) is 23.3 Å². The molecule has 0 spiro atoms. The van der Waals surface area contributed by atoms with Crippen molar-refractivity contribution in [2.24, 2.45) is 11.8 Å². The summed E-state index contributed by atoms with van der Waals surface area (Å²) in [4.78, 5) is 32.3. The first kappa shape index (κ1) is 41.0. The number of nitrogens with one attached hydrogen (secondary N) is 2. The van der Waals surface area contributed by atoms with E-state index in [2.05, 4.69) is 46.6 Å². The molecule has 2 aromatic heterocycles. The second kappa shape index (κ2) is 18.5. The van der Waals surface area contributed by atoms with E-state index in [1.165, 1.54) is 14.2 Å². The maximum atomic E-state index is 11.6. The molecule has 2 fully saturated rings. The minimum atomic E-state index is -0.783. The van der Waals surface area contributed by atoms with Crippen LogP contribution in [0.2, 0.25) is 10.0 Å². The number of aromatic nitrogens is 2. The minimum absolute atomic E-state index is 0.121. The number of nitrogens with zero attached hydrogens (tertiary/aromatic N) is 2. The molecule has 4 atom stereocenters. The molecule has 14 heteroatoms. The van der Waals surface area contributed by atoms with E-state index in [0.717, 1.165) is 70.2 Å². The molecule has 56 heavy (non-hydrogen) atoms. The number of benzene rings is 2. The molecule has 4 N–H and O–H groups in total. The monoisotopic (exact) mass is 806 g/mol. The van der Waals surface area contributed by atoms with Crippen molar-refractivity contribution in [1.29, 1.82) is 0 Å². The van der Waals surface area contributed by atoms with Crippen molar-refractivity contribution in [1.82, 2.24) is 20.6 Å². The topological polar surface area (TPSA) is 161 Å². The van der Waals surface area contributed by atoms with Crippen LogP contribution in [-0.2, 0) is 35.9 Å². The molecule has 0 aliphatic heterocycles. The van der Waals surface area contributed by atoms with E-state index < -0.39 is 23.8 Å². The lowest BCUT2D eigenvalue weighted by Crippen LogP contribution is -2.35. The third-order valence-electron chi connectivity index (χ3n) is 11.0. The maximum Gasteiger partial charge on any atom is 0.308 e. The van der Waals surface area contributed by atoms with Gasteiger partial charge in [0.2, 0.25) is 23.5 Å². The van der Waals surface area contributed by atoms with Crippen LogP contribution in [0.25, 0.3) is 11.1 Å². The molecule has 2 heterocycles. The van der Waals surface area contributed by atoms with Crippen LogP contribution >= 0.6 is 23.2 Å². The van der Waals surface area contributed by atoms with Gasteiger partial charge in [0.05, 0.1) is 26.1 Å². The van der Waals surface area contributed by atoms with Crippen LogP contribution in [0.5, 0.6) is 23.5 Å². The molecule has 298 valence electrons. The predicted octanol–water partition coefficient (Wildman–Crippen LogP) is 7.93. The number of carboxylic acids is 2.